The van der Waals surface area contributed by atoms with Gasteiger partial charge in [-0.25, -0.2) is 13.4 Å². The lowest BCUT2D eigenvalue weighted by atomic mass is 10.1. The van der Waals surface area contributed by atoms with Crippen LogP contribution in [0.15, 0.2) is 35.6 Å². The number of sulfone groups is 1. The van der Waals surface area contributed by atoms with Crippen LogP contribution in [0.2, 0.25) is 0 Å². The van der Waals surface area contributed by atoms with Gasteiger partial charge in [-0.3, -0.25) is 4.90 Å². The van der Waals surface area contributed by atoms with Crippen LogP contribution in [-0.4, -0.2) is 53.9 Å². The number of imidazole rings is 1. The fourth-order valence-corrected chi connectivity index (χ4v) is 4.94. The van der Waals surface area contributed by atoms with Crippen molar-refractivity contribution in [1.29, 1.82) is 0 Å². The van der Waals surface area contributed by atoms with E-state index in [1.165, 1.54) is 22.9 Å². The number of H-pyrrole nitrogens is 1. The number of nitrogens with zero attached hydrogens (tertiary/aromatic N) is 3. The second-order valence-corrected chi connectivity index (χ2v) is 9.91. The van der Waals surface area contributed by atoms with Crippen molar-refractivity contribution in [2.24, 2.45) is 0 Å². The molecule has 4 rings (SSSR count). The summed E-state index contributed by atoms with van der Waals surface area (Å²) < 4.78 is 32.0. The van der Waals surface area contributed by atoms with Gasteiger partial charge in [0.15, 0.2) is 0 Å². The van der Waals surface area contributed by atoms with Crippen LogP contribution in [0.5, 0.6) is 0 Å². The molecular formula is C21H28N4O3S. The molecule has 7 nitrogen and oxygen atoms in total. The topological polar surface area (TPSA) is 80.2 Å². The fraction of sp³-hybridized carbons (Fsp3) is 0.476. The van der Waals surface area contributed by atoms with Gasteiger partial charge in [-0.2, -0.15) is 0 Å². The van der Waals surface area contributed by atoms with Crippen molar-refractivity contribution in [3.05, 3.63) is 47.4 Å². The predicted molar refractivity (Wildman–Crippen MR) is 113 cm³/mol. The summed E-state index contributed by atoms with van der Waals surface area (Å²) in [4.78, 5) is 9.90. The summed E-state index contributed by atoms with van der Waals surface area (Å²) in [6.45, 7) is 4.73. The Hall–Kier alpha value is -2.16. The Kier molecular flexibility index (Phi) is 5.50. The summed E-state index contributed by atoms with van der Waals surface area (Å²) >= 11 is 0. The van der Waals surface area contributed by atoms with Gasteiger partial charge in [-0.1, -0.05) is 18.2 Å². The Morgan fingerprint density at radius 1 is 1.31 bits per heavy atom. The molecule has 1 saturated heterocycles. The molecule has 0 saturated carbocycles. The summed E-state index contributed by atoms with van der Waals surface area (Å²) in [7, 11) is -1.37. The molecule has 1 aromatic carbocycles. The van der Waals surface area contributed by atoms with Crippen molar-refractivity contribution in [3.63, 3.8) is 0 Å². The number of ether oxygens (including phenoxy) is 1. The lowest BCUT2D eigenvalue weighted by Gasteiger charge is -2.20. The number of benzene rings is 1. The van der Waals surface area contributed by atoms with E-state index in [2.05, 4.69) is 33.9 Å². The second kappa shape index (κ2) is 7.93. The zero-order valence-electron chi connectivity index (χ0n) is 17.2. The Morgan fingerprint density at radius 3 is 2.79 bits per heavy atom. The third-order valence-electron chi connectivity index (χ3n) is 5.57. The smallest absolute Gasteiger partial charge is 0.227 e. The summed E-state index contributed by atoms with van der Waals surface area (Å²) in [5.41, 5.74) is 4.44. The van der Waals surface area contributed by atoms with Gasteiger partial charge >= 0.3 is 0 Å². The number of hydrogen-bond acceptors (Lipinski definition) is 5. The number of aromatic nitrogens is 3. The highest BCUT2D eigenvalue weighted by molar-refractivity contribution is 7.90. The standard InChI is InChI=1S/C21H28N4O3S/c1-15-18-8-4-5-9-19(18)23-20(15)14-24(2)12-16-11-22-21(29(3,26)27)25(16)13-17-7-6-10-28-17/h4-5,8-9,11,17,23H,6-7,10,12-14H2,1-3H3. The molecule has 2 aromatic heterocycles. The maximum atomic E-state index is 12.2. The third-order valence-corrected chi connectivity index (χ3v) is 6.56. The van der Waals surface area contributed by atoms with Crippen molar-refractivity contribution < 1.29 is 13.2 Å². The molecule has 29 heavy (non-hydrogen) atoms. The molecule has 1 aliphatic heterocycles. The molecule has 0 spiro atoms. The van der Waals surface area contributed by atoms with Gasteiger partial charge in [0.05, 0.1) is 24.5 Å². The first-order valence-electron chi connectivity index (χ1n) is 9.93. The summed E-state index contributed by atoms with van der Waals surface area (Å²) in [6, 6.07) is 8.29. The van der Waals surface area contributed by atoms with Gasteiger partial charge in [0.25, 0.3) is 0 Å². The number of aryl methyl sites for hydroxylation is 1. The van der Waals surface area contributed by atoms with E-state index in [4.69, 9.17) is 4.74 Å². The van der Waals surface area contributed by atoms with Gasteiger partial charge in [-0.15, -0.1) is 0 Å². The molecule has 0 aliphatic carbocycles. The maximum Gasteiger partial charge on any atom is 0.227 e. The van der Waals surface area contributed by atoms with E-state index in [0.29, 0.717) is 13.1 Å². The molecule has 1 N–H and O–H groups in total. The molecular weight excluding hydrogens is 388 g/mol. The molecule has 3 heterocycles. The first kappa shape index (κ1) is 20.1. The molecule has 156 valence electrons. The normalized spacial score (nSPS) is 17.6. The number of rotatable bonds is 7. The van der Waals surface area contributed by atoms with E-state index in [1.54, 1.807) is 6.20 Å². The first-order valence-corrected chi connectivity index (χ1v) is 11.8. The maximum absolute atomic E-state index is 12.2. The van der Waals surface area contributed by atoms with E-state index in [9.17, 15) is 8.42 Å². The highest BCUT2D eigenvalue weighted by Gasteiger charge is 2.24. The highest BCUT2D eigenvalue weighted by Crippen LogP contribution is 2.23. The van der Waals surface area contributed by atoms with E-state index < -0.39 is 9.84 Å². The van der Waals surface area contributed by atoms with Gasteiger partial charge in [0.1, 0.15) is 0 Å². The van der Waals surface area contributed by atoms with E-state index in [0.717, 1.165) is 37.2 Å². The lowest BCUT2D eigenvalue weighted by molar-refractivity contribution is 0.0934. The number of aromatic amines is 1. The monoisotopic (exact) mass is 416 g/mol. The summed E-state index contributed by atoms with van der Waals surface area (Å²) in [5, 5.41) is 1.36. The molecule has 1 aliphatic rings. The molecule has 0 bridgehead atoms. The summed E-state index contributed by atoms with van der Waals surface area (Å²) in [6.07, 6.45) is 4.90. The molecule has 0 amide bonds. The Morgan fingerprint density at radius 2 is 2.10 bits per heavy atom. The highest BCUT2D eigenvalue weighted by atomic mass is 32.2. The molecule has 3 aromatic rings. The first-order chi connectivity index (χ1) is 13.8. The van der Waals surface area contributed by atoms with Crippen LogP contribution in [0, 0.1) is 6.92 Å². The van der Waals surface area contributed by atoms with Crippen molar-refractivity contribution in [3.8, 4) is 0 Å². The van der Waals surface area contributed by atoms with E-state index in [1.807, 2.05) is 23.7 Å². The third kappa shape index (κ3) is 4.24. The van der Waals surface area contributed by atoms with Gasteiger partial charge < -0.3 is 14.3 Å². The van der Waals surface area contributed by atoms with Gasteiger partial charge in [0.2, 0.25) is 15.0 Å². The van der Waals surface area contributed by atoms with Crippen molar-refractivity contribution in [2.75, 3.05) is 19.9 Å². The predicted octanol–water partition coefficient (Wildman–Crippen LogP) is 2.89. The van der Waals surface area contributed by atoms with Crippen LogP contribution >= 0.6 is 0 Å². The minimum absolute atomic E-state index is 0.0460. The minimum Gasteiger partial charge on any atom is -0.376 e. The Balaban J connectivity index is 1.56. The number of hydrogen-bond donors (Lipinski definition) is 1. The fourth-order valence-electron chi connectivity index (χ4n) is 4.10. The lowest BCUT2D eigenvalue weighted by Crippen LogP contribution is -2.24. The van der Waals surface area contributed by atoms with Gasteiger partial charge in [0, 0.05) is 42.5 Å². The second-order valence-electron chi connectivity index (χ2n) is 8.00. The van der Waals surface area contributed by atoms with Crippen LogP contribution in [0.1, 0.15) is 29.8 Å². The van der Waals surface area contributed by atoms with Crippen LogP contribution in [0.25, 0.3) is 10.9 Å². The Bertz CT molecular complexity index is 1110. The van der Waals surface area contributed by atoms with E-state index in [-0.39, 0.29) is 11.3 Å². The average Bonchev–Trinajstić information content (AvgIpc) is 3.37. The van der Waals surface area contributed by atoms with Crippen LogP contribution < -0.4 is 0 Å². The van der Waals surface area contributed by atoms with Crippen LogP contribution in [-0.2, 0) is 34.2 Å². The zero-order valence-corrected chi connectivity index (χ0v) is 18.0. The van der Waals surface area contributed by atoms with Gasteiger partial charge in [-0.05, 0) is 38.4 Å². The van der Waals surface area contributed by atoms with Crippen molar-refractivity contribution >= 4 is 20.7 Å². The SMILES string of the molecule is Cc1c(CN(C)Cc2cnc(S(C)(=O)=O)n2CC2CCCO2)[nH]c2ccccc12. The molecule has 8 heteroatoms. The van der Waals surface area contributed by atoms with Crippen molar-refractivity contribution in [1.82, 2.24) is 19.4 Å². The quantitative estimate of drug-likeness (QED) is 0.641. The average molecular weight is 417 g/mol. The molecule has 1 unspecified atom stereocenters. The molecule has 0 radical (unpaired) electrons. The number of para-hydroxylation sites is 1. The van der Waals surface area contributed by atoms with Crippen molar-refractivity contribution in [2.45, 2.75) is 50.7 Å². The zero-order chi connectivity index (χ0) is 20.6. The number of nitrogens with one attached hydrogen (secondary N) is 1. The minimum atomic E-state index is -3.40. The summed E-state index contributed by atoms with van der Waals surface area (Å²) in [5.74, 6) is 0. The molecule has 1 fully saturated rings. The Labute approximate surface area is 171 Å². The van der Waals surface area contributed by atoms with Crippen LogP contribution in [0.3, 0.4) is 0 Å². The van der Waals surface area contributed by atoms with Crippen LogP contribution in [0.4, 0.5) is 0 Å². The van der Waals surface area contributed by atoms with E-state index >= 15 is 0 Å². The number of fused-ring (bicyclic) bond motifs is 1. The largest absolute Gasteiger partial charge is 0.376 e. The molecule has 1 atom stereocenters.